The van der Waals surface area contributed by atoms with Gasteiger partial charge < -0.3 is 4.74 Å². The van der Waals surface area contributed by atoms with Crippen LogP contribution in [0.1, 0.15) is 32.8 Å². The molecule has 0 fully saturated rings. The maximum Gasteiger partial charge on any atom is 0.261 e. The van der Waals surface area contributed by atoms with Crippen molar-refractivity contribution in [3.63, 3.8) is 0 Å². The molecule has 0 N–H and O–H groups in total. The molecule has 0 saturated heterocycles. The smallest absolute Gasteiger partial charge is 0.261 e. The molecule has 0 amide bonds. The first kappa shape index (κ1) is 15.6. The Morgan fingerprint density at radius 2 is 2.20 bits per heavy atom. The van der Waals surface area contributed by atoms with Gasteiger partial charge in [0.15, 0.2) is 11.4 Å². The SMILES string of the molecule is CCCc1cnc2c(OC(C)C)c(I)c(Cl)cn2c1=O. The van der Waals surface area contributed by atoms with Gasteiger partial charge in [-0.15, -0.1) is 0 Å². The molecule has 0 atom stereocenters. The van der Waals surface area contributed by atoms with Crippen molar-refractivity contribution in [2.75, 3.05) is 0 Å². The molecule has 108 valence electrons. The molecule has 6 heteroatoms. The maximum atomic E-state index is 12.4. The lowest BCUT2D eigenvalue weighted by Crippen LogP contribution is -2.21. The Kier molecular flexibility index (Phi) is 4.90. The second-order valence-corrected chi connectivity index (χ2v) is 6.30. The van der Waals surface area contributed by atoms with Gasteiger partial charge in [-0.05, 0) is 42.9 Å². The summed E-state index contributed by atoms with van der Waals surface area (Å²) in [4.78, 5) is 16.8. The first-order chi connectivity index (χ1) is 9.45. The average Bonchev–Trinajstić information content (AvgIpc) is 2.39. The monoisotopic (exact) mass is 406 g/mol. The number of aryl methyl sites for hydroxylation is 1. The molecule has 2 aromatic rings. The molecule has 4 nitrogen and oxygen atoms in total. The first-order valence-corrected chi connectivity index (χ1v) is 7.96. The molecular formula is C14H16ClIN2O2. The highest BCUT2D eigenvalue weighted by Crippen LogP contribution is 2.31. The van der Waals surface area contributed by atoms with Gasteiger partial charge in [-0.3, -0.25) is 9.20 Å². The summed E-state index contributed by atoms with van der Waals surface area (Å²) in [6.45, 7) is 5.89. The van der Waals surface area contributed by atoms with Crippen LogP contribution in [0.5, 0.6) is 5.75 Å². The van der Waals surface area contributed by atoms with E-state index in [0.29, 0.717) is 28.4 Å². The third-order valence-electron chi connectivity index (χ3n) is 2.79. The van der Waals surface area contributed by atoms with Crippen molar-refractivity contribution in [1.29, 1.82) is 0 Å². The van der Waals surface area contributed by atoms with E-state index in [4.69, 9.17) is 16.3 Å². The summed E-state index contributed by atoms with van der Waals surface area (Å²) in [6.07, 6.45) is 4.84. The van der Waals surface area contributed by atoms with E-state index >= 15 is 0 Å². The molecule has 20 heavy (non-hydrogen) atoms. The highest BCUT2D eigenvalue weighted by Gasteiger charge is 2.16. The summed E-state index contributed by atoms with van der Waals surface area (Å²) in [5, 5.41) is 0.492. The van der Waals surface area contributed by atoms with Crippen LogP contribution in [-0.2, 0) is 6.42 Å². The molecule has 0 aromatic carbocycles. The van der Waals surface area contributed by atoms with Gasteiger partial charge in [0.2, 0.25) is 0 Å². The van der Waals surface area contributed by atoms with Crippen molar-refractivity contribution >= 4 is 39.8 Å². The minimum absolute atomic E-state index is 0.0157. The van der Waals surface area contributed by atoms with E-state index in [1.54, 1.807) is 12.4 Å². The molecule has 0 saturated carbocycles. The fourth-order valence-electron chi connectivity index (χ4n) is 1.95. The Balaban J connectivity index is 2.76. The number of hydrogen-bond acceptors (Lipinski definition) is 3. The first-order valence-electron chi connectivity index (χ1n) is 6.50. The van der Waals surface area contributed by atoms with E-state index in [9.17, 15) is 4.79 Å². The van der Waals surface area contributed by atoms with Gasteiger partial charge in [0.05, 0.1) is 14.7 Å². The highest BCUT2D eigenvalue weighted by molar-refractivity contribution is 14.1. The fraction of sp³-hybridized carbons (Fsp3) is 0.429. The summed E-state index contributed by atoms with van der Waals surface area (Å²) >= 11 is 8.31. The summed E-state index contributed by atoms with van der Waals surface area (Å²) in [5.74, 6) is 0.563. The molecule has 2 heterocycles. The third-order valence-corrected chi connectivity index (χ3v) is 4.47. The van der Waals surface area contributed by atoms with Gasteiger partial charge in [-0.2, -0.15) is 0 Å². The molecule has 0 bridgehead atoms. The number of nitrogens with zero attached hydrogens (tertiary/aromatic N) is 2. The van der Waals surface area contributed by atoms with Crippen molar-refractivity contribution in [3.05, 3.63) is 36.9 Å². The Morgan fingerprint density at radius 1 is 1.50 bits per heavy atom. The number of aromatic nitrogens is 2. The molecule has 0 aliphatic carbocycles. The summed E-state index contributed by atoms with van der Waals surface area (Å²) < 4.78 is 8.03. The van der Waals surface area contributed by atoms with E-state index in [0.717, 1.165) is 9.99 Å². The van der Waals surface area contributed by atoms with Crippen LogP contribution in [0.3, 0.4) is 0 Å². The zero-order valence-electron chi connectivity index (χ0n) is 11.6. The minimum atomic E-state index is -0.0799. The van der Waals surface area contributed by atoms with Crippen molar-refractivity contribution in [1.82, 2.24) is 9.38 Å². The van der Waals surface area contributed by atoms with E-state index in [1.807, 2.05) is 20.8 Å². The summed E-state index contributed by atoms with van der Waals surface area (Å²) in [6, 6.07) is 0. The van der Waals surface area contributed by atoms with E-state index in [1.165, 1.54) is 4.40 Å². The van der Waals surface area contributed by atoms with E-state index in [-0.39, 0.29) is 11.7 Å². The number of pyridine rings is 1. The third kappa shape index (κ3) is 2.93. The van der Waals surface area contributed by atoms with Crippen LogP contribution in [0.25, 0.3) is 5.65 Å². The summed E-state index contributed by atoms with van der Waals surface area (Å²) in [5.41, 5.74) is 1.12. The van der Waals surface area contributed by atoms with Gasteiger partial charge in [-0.1, -0.05) is 24.9 Å². The number of ether oxygens (including phenoxy) is 1. The lowest BCUT2D eigenvalue weighted by Gasteiger charge is -2.15. The zero-order chi connectivity index (χ0) is 14.9. The number of fused-ring (bicyclic) bond motifs is 1. The zero-order valence-corrected chi connectivity index (χ0v) is 14.5. The average molecular weight is 407 g/mol. The van der Waals surface area contributed by atoms with Crippen LogP contribution in [-0.4, -0.2) is 15.5 Å². The molecule has 2 aromatic heterocycles. The van der Waals surface area contributed by atoms with Gasteiger partial charge in [0, 0.05) is 18.0 Å². The van der Waals surface area contributed by atoms with Crippen LogP contribution < -0.4 is 10.3 Å². The minimum Gasteiger partial charge on any atom is -0.486 e. The molecular weight excluding hydrogens is 391 g/mol. The molecule has 0 radical (unpaired) electrons. The normalized spacial score (nSPS) is 11.3. The van der Waals surface area contributed by atoms with Crippen LogP contribution >= 0.6 is 34.2 Å². The van der Waals surface area contributed by atoms with E-state index < -0.39 is 0 Å². The predicted molar refractivity (Wildman–Crippen MR) is 88.9 cm³/mol. The number of halogens is 2. The number of hydrogen-bond donors (Lipinski definition) is 0. The lowest BCUT2D eigenvalue weighted by molar-refractivity contribution is 0.242. The van der Waals surface area contributed by atoms with Gasteiger partial charge >= 0.3 is 0 Å². The quantitative estimate of drug-likeness (QED) is 0.727. The van der Waals surface area contributed by atoms with Crippen molar-refractivity contribution in [3.8, 4) is 5.75 Å². The highest BCUT2D eigenvalue weighted by atomic mass is 127. The number of rotatable bonds is 4. The standard InChI is InChI=1S/C14H16ClIN2O2/c1-4-5-9-6-17-13-12(20-8(2)3)11(16)10(15)7-18(13)14(9)19/h6-8H,4-5H2,1-3H3. The molecule has 0 aliphatic rings. The van der Waals surface area contributed by atoms with Crippen molar-refractivity contribution in [2.45, 2.75) is 39.7 Å². The van der Waals surface area contributed by atoms with Crippen LogP contribution in [0, 0.1) is 3.57 Å². The molecule has 0 unspecified atom stereocenters. The molecule has 0 aliphatic heterocycles. The fourth-order valence-corrected chi connectivity index (χ4v) is 2.64. The largest absolute Gasteiger partial charge is 0.486 e. The van der Waals surface area contributed by atoms with Gasteiger partial charge in [-0.25, -0.2) is 4.98 Å². The van der Waals surface area contributed by atoms with E-state index in [2.05, 4.69) is 27.6 Å². The lowest BCUT2D eigenvalue weighted by atomic mass is 10.2. The topological polar surface area (TPSA) is 43.6 Å². The van der Waals surface area contributed by atoms with Crippen molar-refractivity contribution in [2.24, 2.45) is 0 Å². The van der Waals surface area contributed by atoms with Crippen LogP contribution in [0.15, 0.2) is 17.2 Å². The molecule has 0 spiro atoms. The second kappa shape index (κ2) is 6.30. The van der Waals surface area contributed by atoms with Crippen LogP contribution in [0.4, 0.5) is 0 Å². The molecule has 2 rings (SSSR count). The van der Waals surface area contributed by atoms with Gasteiger partial charge in [0.1, 0.15) is 0 Å². The predicted octanol–water partition coefficient (Wildman–Crippen LogP) is 3.69. The Labute approximate surface area is 136 Å². The van der Waals surface area contributed by atoms with Crippen LogP contribution in [0.2, 0.25) is 5.02 Å². The Hall–Kier alpha value is -0.820. The van der Waals surface area contributed by atoms with Gasteiger partial charge in [0.25, 0.3) is 5.56 Å². The second-order valence-electron chi connectivity index (χ2n) is 4.82. The summed E-state index contributed by atoms with van der Waals surface area (Å²) in [7, 11) is 0. The maximum absolute atomic E-state index is 12.4. The Bertz CT molecular complexity index is 698. The van der Waals surface area contributed by atoms with Crippen molar-refractivity contribution < 1.29 is 4.74 Å². The Morgan fingerprint density at radius 3 is 2.80 bits per heavy atom.